The largest absolute Gasteiger partial charge is 0.379 e. The van der Waals surface area contributed by atoms with Gasteiger partial charge >= 0.3 is 0 Å². The fourth-order valence-corrected chi connectivity index (χ4v) is 5.51. The lowest BCUT2D eigenvalue weighted by Gasteiger charge is -2.45. The summed E-state index contributed by atoms with van der Waals surface area (Å²) in [5.41, 5.74) is 0.733. The van der Waals surface area contributed by atoms with E-state index in [1.807, 2.05) is 35.8 Å². The monoisotopic (exact) mass is 453 g/mol. The molecular weight excluding hydrogens is 418 g/mol. The zero-order chi connectivity index (χ0) is 22.8. The number of benzene rings is 1. The van der Waals surface area contributed by atoms with E-state index < -0.39 is 5.54 Å². The highest BCUT2D eigenvalue weighted by atomic mass is 16.5. The molecule has 1 atom stereocenters. The SMILES string of the molecule is CC1(C(=O)NC2CCCCCC2)Cn2c(nc3ccccc32)C(=O)N1CCN1CCOCC1. The zero-order valence-corrected chi connectivity index (χ0v) is 19.6. The minimum Gasteiger partial charge on any atom is -0.379 e. The zero-order valence-electron chi connectivity index (χ0n) is 19.6. The van der Waals surface area contributed by atoms with Crippen molar-refractivity contribution in [3.05, 3.63) is 30.1 Å². The van der Waals surface area contributed by atoms with Gasteiger partial charge in [0.1, 0.15) is 5.54 Å². The van der Waals surface area contributed by atoms with E-state index in [0.717, 1.165) is 56.4 Å². The van der Waals surface area contributed by atoms with Gasteiger partial charge in [0.25, 0.3) is 5.91 Å². The summed E-state index contributed by atoms with van der Waals surface area (Å²) in [4.78, 5) is 36.3. The lowest BCUT2D eigenvalue weighted by Crippen LogP contribution is -2.66. The molecule has 33 heavy (non-hydrogen) atoms. The van der Waals surface area contributed by atoms with Gasteiger partial charge in [0.2, 0.25) is 5.91 Å². The van der Waals surface area contributed by atoms with Crippen molar-refractivity contribution >= 4 is 22.8 Å². The summed E-state index contributed by atoms with van der Waals surface area (Å²) in [6.07, 6.45) is 6.80. The maximum atomic E-state index is 13.8. The number of morpholine rings is 1. The fourth-order valence-electron chi connectivity index (χ4n) is 5.51. The van der Waals surface area contributed by atoms with Crippen molar-refractivity contribution in [3.63, 3.8) is 0 Å². The molecule has 1 N–H and O–H groups in total. The molecule has 2 fully saturated rings. The fraction of sp³-hybridized carbons (Fsp3) is 0.640. The van der Waals surface area contributed by atoms with Crippen molar-refractivity contribution in [3.8, 4) is 0 Å². The number of carbonyl (C=O) groups excluding carboxylic acids is 2. The van der Waals surface area contributed by atoms with Crippen LogP contribution in [-0.4, -0.2) is 82.1 Å². The van der Waals surface area contributed by atoms with E-state index >= 15 is 0 Å². The smallest absolute Gasteiger partial charge is 0.290 e. The first-order valence-corrected chi connectivity index (χ1v) is 12.4. The van der Waals surface area contributed by atoms with Gasteiger partial charge in [0, 0.05) is 32.2 Å². The Hall–Kier alpha value is -2.45. The average Bonchev–Trinajstić information content (AvgIpc) is 3.00. The number of nitrogens with one attached hydrogen (secondary N) is 1. The third kappa shape index (κ3) is 4.38. The first-order chi connectivity index (χ1) is 16.1. The Labute approximate surface area is 195 Å². The number of imidazole rings is 1. The van der Waals surface area contributed by atoms with Gasteiger partial charge in [-0.25, -0.2) is 4.98 Å². The molecule has 1 aliphatic carbocycles. The van der Waals surface area contributed by atoms with Crippen molar-refractivity contribution in [2.24, 2.45) is 0 Å². The predicted molar refractivity (Wildman–Crippen MR) is 126 cm³/mol. The van der Waals surface area contributed by atoms with Crippen LogP contribution < -0.4 is 5.32 Å². The van der Waals surface area contributed by atoms with Gasteiger partial charge < -0.3 is 19.5 Å². The molecule has 3 aliphatic rings. The number of fused-ring (bicyclic) bond motifs is 3. The van der Waals surface area contributed by atoms with E-state index in [0.29, 0.717) is 32.1 Å². The summed E-state index contributed by atoms with van der Waals surface area (Å²) < 4.78 is 7.41. The Morgan fingerprint density at radius 3 is 2.61 bits per heavy atom. The van der Waals surface area contributed by atoms with E-state index in [1.54, 1.807) is 4.90 Å². The number of ether oxygens (including phenoxy) is 1. The summed E-state index contributed by atoms with van der Waals surface area (Å²) in [6, 6.07) is 7.98. The molecule has 178 valence electrons. The number of carbonyl (C=O) groups is 2. The molecule has 5 rings (SSSR count). The van der Waals surface area contributed by atoms with Gasteiger partial charge in [-0.1, -0.05) is 37.8 Å². The van der Waals surface area contributed by atoms with Crippen LogP contribution >= 0.6 is 0 Å². The number of hydrogen-bond acceptors (Lipinski definition) is 5. The third-order valence-electron chi connectivity index (χ3n) is 7.58. The number of aromatic nitrogens is 2. The van der Waals surface area contributed by atoms with Gasteiger partial charge in [-0.05, 0) is 31.9 Å². The van der Waals surface area contributed by atoms with E-state index in [2.05, 4.69) is 15.2 Å². The molecule has 8 nitrogen and oxygen atoms in total. The van der Waals surface area contributed by atoms with Crippen LogP contribution in [0.3, 0.4) is 0 Å². The van der Waals surface area contributed by atoms with Crippen molar-refractivity contribution in [1.82, 2.24) is 24.7 Å². The standard InChI is InChI=1S/C25H35N5O3/c1-25(24(32)26-19-8-4-2-3-5-9-19)18-29-21-11-7-6-10-20(21)27-22(29)23(31)30(25)13-12-28-14-16-33-17-15-28/h6-7,10-11,19H,2-5,8-9,12-18H2,1H3,(H,26,32). The van der Waals surface area contributed by atoms with Crippen LogP contribution in [0.25, 0.3) is 11.0 Å². The van der Waals surface area contributed by atoms with E-state index in [9.17, 15) is 9.59 Å². The van der Waals surface area contributed by atoms with E-state index in [-0.39, 0.29) is 17.9 Å². The molecule has 0 radical (unpaired) electrons. The van der Waals surface area contributed by atoms with Crippen LogP contribution in [0.15, 0.2) is 24.3 Å². The summed E-state index contributed by atoms with van der Waals surface area (Å²) >= 11 is 0. The number of amides is 2. The maximum absolute atomic E-state index is 13.8. The molecule has 1 saturated heterocycles. The van der Waals surface area contributed by atoms with Gasteiger partial charge in [-0.3, -0.25) is 14.5 Å². The number of para-hydroxylation sites is 2. The molecule has 1 unspecified atom stereocenters. The van der Waals surface area contributed by atoms with Crippen LogP contribution in [0.5, 0.6) is 0 Å². The van der Waals surface area contributed by atoms with Crippen LogP contribution in [0.4, 0.5) is 0 Å². The molecule has 0 bridgehead atoms. The van der Waals surface area contributed by atoms with Crippen molar-refractivity contribution in [1.29, 1.82) is 0 Å². The molecule has 8 heteroatoms. The first kappa shape index (κ1) is 22.3. The number of nitrogens with zero attached hydrogens (tertiary/aromatic N) is 4. The molecular formula is C25H35N5O3. The molecule has 1 aromatic carbocycles. The van der Waals surface area contributed by atoms with Crippen molar-refractivity contribution in [2.45, 2.75) is 63.6 Å². The van der Waals surface area contributed by atoms with Crippen LogP contribution in [0.2, 0.25) is 0 Å². The van der Waals surface area contributed by atoms with Gasteiger partial charge in [0.05, 0.1) is 30.8 Å². The average molecular weight is 454 g/mol. The first-order valence-electron chi connectivity index (χ1n) is 12.4. The topological polar surface area (TPSA) is 79.7 Å². The minimum absolute atomic E-state index is 0.0480. The summed E-state index contributed by atoms with van der Waals surface area (Å²) in [6.45, 7) is 6.69. The van der Waals surface area contributed by atoms with Gasteiger partial charge in [-0.2, -0.15) is 0 Å². The summed E-state index contributed by atoms with van der Waals surface area (Å²) in [5, 5.41) is 3.33. The Kier molecular flexibility index (Phi) is 6.38. The quantitative estimate of drug-likeness (QED) is 0.704. The third-order valence-corrected chi connectivity index (χ3v) is 7.58. The van der Waals surface area contributed by atoms with Gasteiger partial charge in [-0.15, -0.1) is 0 Å². The molecule has 1 aromatic heterocycles. The molecule has 2 amide bonds. The lowest BCUT2D eigenvalue weighted by molar-refractivity contribution is -0.133. The van der Waals surface area contributed by atoms with Crippen molar-refractivity contribution < 1.29 is 14.3 Å². The molecule has 0 spiro atoms. The van der Waals surface area contributed by atoms with Gasteiger partial charge in [0.15, 0.2) is 5.82 Å². The second-order valence-electron chi connectivity index (χ2n) is 9.86. The Morgan fingerprint density at radius 1 is 1.12 bits per heavy atom. The Morgan fingerprint density at radius 2 is 1.85 bits per heavy atom. The maximum Gasteiger partial charge on any atom is 0.290 e. The normalized spacial score (nSPS) is 25.1. The van der Waals surface area contributed by atoms with E-state index in [1.165, 1.54) is 12.8 Å². The Balaban J connectivity index is 1.44. The van der Waals surface area contributed by atoms with Crippen LogP contribution in [-0.2, 0) is 16.1 Å². The highest BCUT2D eigenvalue weighted by Crippen LogP contribution is 2.31. The van der Waals surface area contributed by atoms with Crippen LogP contribution in [0.1, 0.15) is 56.1 Å². The summed E-state index contributed by atoms with van der Waals surface area (Å²) in [5.74, 6) is 0.218. The highest BCUT2D eigenvalue weighted by Gasteiger charge is 2.48. The molecule has 3 heterocycles. The summed E-state index contributed by atoms with van der Waals surface area (Å²) in [7, 11) is 0. The molecule has 1 saturated carbocycles. The predicted octanol–water partition coefficient (Wildman–Crippen LogP) is 2.42. The second kappa shape index (κ2) is 9.43. The minimum atomic E-state index is -0.966. The molecule has 2 aromatic rings. The Bertz CT molecular complexity index is 1010. The molecule has 2 aliphatic heterocycles. The lowest BCUT2D eigenvalue weighted by atomic mass is 9.94. The number of hydrogen-bond donors (Lipinski definition) is 1. The van der Waals surface area contributed by atoms with Crippen LogP contribution in [0, 0.1) is 0 Å². The number of rotatable bonds is 5. The van der Waals surface area contributed by atoms with E-state index in [4.69, 9.17) is 4.74 Å². The second-order valence-corrected chi connectivity index (χ2v) is 9.86. The van der Waals surface area contributed by atoms with Crippen molar-refractivity contribution in [2.75, 3.05) is 39.4 Å². The highest BCUT2D eigenvalue weighted by molar-refractivity contribution is 6.01.